The van der Waals surface area contributed by atoms with E-state index >= 15 is 0 Å². The molecule has 2 aliphatic heterocycles. The molecule has 0 amide bonds. The molecule has 1 fully saturated rings. The summed E-state index contributed by atoms with van der Waals surface area (Å²) in [5.74, 6) is 2.06. The number of hydrogen-bond donors (Lipinski definition) is 0. The van der Waals surface area contributed by atoms with Gasteiger partial charge in [-0.05, 0) is 74.8 Å². The number of halogens is 1. The highest BCUT2D eigenvalue weighted by Crippen LogP contribution is 2.40. The van der Waals surface area contributed by atoms with Crippen molar-refractivity contribution in [2.24, 2.45) is 11.8 Å². The molecule has 4 heterocycles. The summed E-state index contributed by atoms with van der Waals surface area (Å²) in [4.78, 5) is 9.58. The van der Waals surface area contributed by atoms with Gasteiger partial charge >= 0.3 is 0 Å². The smallest absolute Gasteiger partial charge is 0.161 e. The Balaban J connectivity index is 1.41. The summed E-state index contributed by atoms with van der Waals surface area (Å²) in [6, 6.07) is 15.9. The van der Waals surface area contributed by atoms with Crippen molar-refractivity contribution >= 4 is 5.69 Å². The molecule has 5 nitrogen and oxygen atoms in total. The first-order valence-corrected chi connectivity index (χ1v) is 12.4. The van der Waals surface area contributed by atoms with Gasteiger partial charge in [0.1, 0.15) is 5.82 Å². The topological polar surface area (TPSA) is 29.2 Å². The molecule has 6 heteroatoms. The van der Waals surface area contributed by atoms with Crippen molar-refractivity contribution in [3.05, 3.63) is 78.5 Å². The lowest BCUT2D eigenvalue weighted by atomic mass is 9.98. The molecule has 0 aliphatic carbocycles. The Morgan fingerprint density at radius 3 is 2.57 bits per heavy atom. The first-order valence-electron chi connectivity index (χ1n) is 12.4. The van der Waals surface area contributed by atoms with E-state index in [2.05, 4.69) is 77.3 Å². The number of nitrogens with zero attached hydrogens (tertiary/aromatic N) is 5. The number of benzene rings is 2. The summed E-state index contributed by atoms with van der Waals surface area (Å²) in [7, 11) is 4.33. The summed E-state index contributed by atoms with van der Waals surface area (Å²) < 4.78 is 18.0. The second kappa shape index (κ2) is 8.38. The Bertz CT molecular complexity index is 1370. The lowest BCUT2D eigenvalue weighted by Crippen LogP contribution is -2.27. The fourth-order valence-corrected chi connectivity index (χ4v) is 5.86. The highest BCUT2D eigenvalue weighted by Gasteiger charge is 2.31. The lowest BCUT2D eigenvalue weighted by molar-refractivity contribution is 0.301. The SMILES string of the molecule is C[C@@H]1CN(c2ccc3c(c2)[C@H](C)n2cc(-c4ccc(F)cc4)cc2-c2nccn2-3)C[C@H]1CN(C)C. The molecule has 6 rings (SSSR count). The molecule has 0 N–H and O–H groups in total. The van der Waals surface area contributed by atoms with E-state index in [-0.39, 0.29) is 11.9 Å². The van der Waals surface area contributed by atoms with E-state index in [1.165, 1.54) is 29.1 Å². The Labute approximate surface area is 206 Å². The lowest BCUT2D eigenvalue weighted by Gasteiger charge is -2.23. The quantitative estimate of drug-likeness (QED) is 0.384. The average molecular weight is 470 g/mol. The summed E-state index contributed by atoms with van der Waals surface area (Å²) in [5.41, 5.74) is 6.90. The monoisotopic (exact) mass is 469 g/mol. The number of anilines is 1. The van der Waals surface area contributed by atoms with Crippen molar-refractivity contribution in [1.82, 2.24) is 19.0 Å². The predicted octanol–water partition coefficient (Wildman–Crippen LogP) is 5.70. The van der Waals surface area contributed by atoms with Crippen LogP contribution in [0, 0.1) is 17.7 Å². The van der Waals surface area contributed by atoms with E-state index in [1.807, 2.05) is 24.5 Å². The van der Waals surface area contributed by atoms with Crippen LogP contribution >= 0.6 is 0 Å². The van der Waals surface area contributed by atoms with Crippen LogP contribution < -0.4 is 4.90 Å². The summed E-state index contributed by atoms with van der Waals surface area (Å²) in [6.45, 7) is 7.93. The molecule has 0 unspecified atom stereocenters. The van der Waals surface area contributed by atoms with Gasteiger partial charge < -0.3 is 14.4 Å². The van der Waals surface area contributed by atoms with Gasteiger partial charge in [0.25, 0.3) is 0 Å². The molecule has 2 aromatic carbocycles. The van der Waals surface area contributed by atoms with Crippen LogP contribution in [0.3, 0.4) is 0 Å². The fraction of sp³-hybridized carbons (Fsp3) is 0.345. The molecule has 35 heavy (non-hydrogen) atoms. The summed E-state index contributed by atoms with van der Waals surface area (Å²) >= 11 is 0. The van der Waals surface area contributed by atoms with Crippen LogP contribution in [0.5, 0.6) is 0 Å². The van der Waals surface area contributed by atoms with Crippen LogP contribution in [0.4, 0.5) is 10.1 Å². The maximum Gasteiger partial charge on any atom is 0.161 e. The van der Waals surface area contributed by atoms with Gasteiger partial charge in [0, 0.05) is 55.0 Å². The van der Waals surface area contributed by atoms with Crippen molar-refractivity contribution in [3.63, 3.8) is 0 Å². The van der Waals surface area contributed by atoms with E-state index in [0.717, 1.165) is 42.3 Å². The second-order valence-electron chi connectivity index (χ2n) is 10.5. The molecule has 180 valence electrons. The van der Waals surface area contributed by atoms with Crippen LogP contribution in [-0.4, -0.2) is 52.7 Å². The standard InChI is InChI=1S/C29H32FN5/c1-19-15-33(17-23(19)16-32(3)4)25-9-10-27-26(14-25)20(2)35-18-22(21-5-7-24(30)8-6-21)13-28(35)29-31-11-12-34(27)29/h5-14,18-20,23H,15-17H2,1-4H3/t19-,20+,23-/m1/s1. The van der Waals surface area contributed by atoms with Crippen LogP contribution in [-0.2, 0) is 0 Å². The van der Waals surface area contributed by atoms with Gasteiger partial charge in [0.05, 0.1) is 17.4 Å². The van der Waals surface area contributed by atoms with Crippen LogP contribution in [0.2, 0.25) is 0 Å². The third-order valence-electron chi connectivity index (χ3n) is 7.77. The average Bonchev–Trinajstić information content (AvgIpc) is 3.56. The normalized spacial score (nSPS) is 21.1. The van der Waals surface area contributed by atoms with E-state index in [1.54, 1.807) is 0 Å². The number of aromatic nitrogens is 3. The molecule has 0 spiro atoms. The molecule has 2 aromatic heterocycles. The minimum Gasteiger partial charge on any atom is -0.371 e. The van der Waals surface area contributed by atoms with E-state index in [0.29, 0.717) is 11.8 Å². The summed E-state index contributed by atoms with van der Waals surface area (Å²) in [6.07, 6.45) is 6.09. The van der Waals surface area contributed by atoms with Gasteiger partial charge in [-0.3, -0.25) is 4.57 Å². The Hall–Kier alpha value is -3.38. The highest BCUT2D eigenvalue weighted by atomic mass is 19.1. The van der Waals surface area contributed by atoms with Gasteiger partial charge in [-0.2, -0.15) is 0 Å². The molecule has 0 bridgehead atoms. The molecule has 3 atom stereocenters. The molecular formula is C29H32FN5. The maximum atomic E-state index is 13.5. The zero-order valence-electron chi connectivity index (χ0n) is 20.8. The number of hydrogen-bond acceptors (Lipinski definition) is 3. The maximum absolute atomic E-state index is 13.5. The van der Waals surface area contributed by atoms with Crippen molar-refractivity contribution in [1.29, 1.82) is 0 Å². The fourth-order valence-electron chi connectivity index (χ4n) is 5.86. The molecule has 0 radical (unpaired) electrons. The summed E-state index contributed by atoms with van der Waals surface area (Å²) in [5, 5.41) is 0. The minimum atomic E-state index is -0.219. The molecule has 2 aliphatic rings. The highest BCUT2D eigenvalue weighted by molar-refractivity contribution is 5.72. The largest absolute Gasteiger partial charge is 0.371 e. The van der Waals surface area contributed by atoms with Crippen LogP contribution in [0.25, 0.3) is 28.3 Å². The van der Waals surface area contributed by atoms with Gasteiger partial charge in [-0.1, -0.05) is 19.1 Å². The third kappa shape index (κ3) is 3.76. The third-order valence-corrected chi connectivity index (χ3v) is 7.77. The minimum absolute atomic E-state index is 0.133. The first-order chi connectivity index (χ1) is 16.9. The zero-order chi connectivity index (χ0) is 24.3. The second-order valence-corrected chi connectivity index (χ2v) is 10.5. The van der Waals surface area contributed by atoms with Crippen molar-refractivity contribution in [2.75, 3.05) is 38.6 Å². The first kappa shape index (κ1) is 22.1. The molecule has 4 aromatic rings. The molecular weight excluding hydrogens is 437 g/mol. The number of fused-ring (bicyclic) bond motifs is 5. The van der Waals surface area contributed by atoms with Crippen molar-refractivity contribution in [3.8, 4) is 28.3 Å². The van der Waals surface area contributed by atoms with Gasteiger partial charge in [-0.25, -0.2) is 9.37 Å². The van der Waals surface area contributed by atoms with E-state index < -0.39 is 0 Å². The van der Waals surface area contributed by atoms with Crippen molar-refractivity contribution < 1.29 is 4.39 Å². The molecule has 1 saturated heterocycles. The number of imidazole rings is 1. The zero-order valence-corrected chi connectivity index (χ0v) is 20.8. The van der Waals surface area contributed by atoms with Crippen LogP contribution in [0.1, 0.15) is 25.5 Å². The Morgan fingerprint density at radius 1 is 1.00 bits per heavy atom. The van der Waals surface area contributed by atoms with E-state index in [9.17, 15) is 4.39 Å². The van der Waals surface area contributed by atoms with Gasteiger partial charge in [-0.15, -0.1) is 0 Å². The molecule has 0 saturated carbocycles. The van der Waals surface area contributed by atoms with Crippen molar-refractivity contribution in [2.45, 2.75) is 19.9 Å². The van der Waals surface area contributed by atoms with E-state index in [4.69, 9.17) is 4.98 Å². The Morgan fingerprint density at radius 2 is 1.80 bits per heavy atom. The number of rotatable bonds is 4. The van der Waals surface area contributed by atoms with Gasteiger partial charge in [0.2, 0.25) is 0 Å². The van der Waals surface area contributed by atoms with Crippen LogP contribution in [0.15, 0.2) is 67.1 Å². The predicted molar refractivity (Wildman–Crippen MR) is 140 cm³/mol. The van der Waals surface area contributed by atoms with Gasteiger partial charge in [0.15, 0.2) is 5.82 Å². The Kier molecular flexibility index (Phi) is 5.29.